The van der Waals surface area contributed by atoms with Crippen molar-refractivity contribution in [3.8, 4) is 5.75 Å². The van der Waals surface area contributed by atoms with Crippen LogP contribution in [0.2, 0.25) is 0 Å². The lowest BCUT2D eigenvalue weighted by Gasteiger charge is -2.14. The van der Waals surface area contributed by atoms with Crippen molar-refractivity contribution in [2.24, 2.45) is 0 Å². The predicted molar refractivity (Wildman–Crippen MR) is 128 cm³/mol. The molecule has 2 N–H and O–H groups in total. The minimum atomic E-state index is -3.90. The van der Waals surface area contributed by atoms with Crippen molar-refractivity contribution in [2.45, 2.75) is 31.4 Å². The third-order valence-electron chi connectivity index (χ3n) is 4.75. The van der Waals surface area contributed by atoms with Crippen LogP contribution in [0.4, 0.5) is 5.69 Å². The third kappa shape index (κ3) is 7.43. The molecule has 0 unspecified atom stereocenters. The number of carbonyl (C=O) groups is 2. The summed E-state index contributed by atoms with van der Waals surface area (Å²) in [6, 6.07) is 21.5. The molecule has 178 valence electrons. The molecule has 0 aliphatic rings. The van der Waals surface area contributed by atoms with Crippen LogP contribution < -0.4 is 14.8 Å². The summed E-state index contributed by atoms with van der Waals surface area (Å²) in [6.45, 7) is 3.05. The number of hydrogen-bond donors (Lipinski definition) is 2. The SMILES string of the molecule is Cc1ccc(S(=O)(=O)N[C@@H](C)C(=O)OCC(=O)Nc2ccc(OCc3ccccc3)cc2)cc1. The lowest BCUT2D eigenvalue weighted by molar-refractivity contribution is -0.148. The Labute approximate surface area is 199 Å². The quantitative estimate of drug-likeness (QED) is 0.429. The lowest BCUT2D eigenvalue weighted by Crippen LogP contribution is -2.40. The number of esters is 1. The molecule has 3 rings (SSSR count). The van der Waals surface area contributed by atoms with Crippen molar-refractivity contribution in [1.82, 2.24) is 4.72 Å². The molecule has 8 nitrogen and oxygen atoms in total. The Morgan fingerprint density at radius 1 is 0.912 bits per heavy atom. The minimum absolute atomic E-state index is 0.0340. The maximum atomic E-state index is 12.4. The van der Waals surface area contributed by atoms with Crippen LogP contribution in [-0.4, -0.2) is 32.9 Å². The Balaban J connectivity index is 1.43. The van der Waals surface area contributed by atoms with Gasteiger partial charge in [-0.05, 0) is 55.8 Å². The zero-order valence-electron chi connectivity index (χ0n) is 18.9. The van der Waals surface area contributed by atoms with Crippen molar-refractivity contribution < 1.29 is 27.5 Å². The van der Waals surface area contributed by atoms with E-state index in [1.165, 1.54) is 19.1 Å². The molecule has 0 saturated carbocycles. The summed E-state index contributed by atoms with van der Waals surface area (Å²) in [7, 11) is -3.90. The van der Waals surface area contributed by atoms with E-state index in [-0.39, 0.29) is 4.90 Å². The summed E-state index contributed by atoms with van der Waals surface area (Å²) in [5, 5.41) is 2.61. The molecular formula is C25H26N2O6S. The number of benzene rings is 3. The highest BCUT2D eigenvalue weighted by Gasteiger charge is 2.23. The number of rotatable bonds is 10. The van der Waals surface area contributed by atoms with Gasteiger partial charge in [0.1, 0.15) is 18.4 Å². The van der Waals surface area contributed by atoms with Gasteiger partial charge in [-0.1, -0.05) is 48.0 Å². The van der Waals surface area contributed by atoms with E-state index in [4.69, 9.17) is 9.47 Å². The molecule has 0 heterocycles. The summed E-state index contributed by atoms with van der Waals surface area (Å²) < 4.78 is 37.7. The predicted octanol–water partition coefficient (Wildman–Crippen LogP) is 3.42. The molecule has 0 aromatic heterocycles. The normalized spacial score (nSPS) is 11.9. The van der Waals surface area contributed by atoms with Gasteiger partial charge in [-0.25, -0.2) is 8.42 Å². The van der Waals surface area contributed by atoms with Crippen molar-refractivity contribution in [1.29, 1.82) is 0 Å². The fourth-order valence-corrected chi connectivity index (χ4v) is 4.09. The van der Waals surface area contributed by atoms with Gasteiger partial charge in [0.05, 0.1) is 4.90 Å². The number of carbonyl (C=O) groups excluding carboxylic acids is 2. The van der Waals surface area contributed by atoms with E-state index >= 15 is 0 Å². The number of ether oxygens (including phenoxy) is 2. The highest BCUT2D eigenvalue weighted by molar-refractivity contribution is 7.89. The van der Waals surface area contributed by atoms with Crippen molar-refractivity contribution >= 4 is 27.6 Å². The van der Waals surface area contributed by atoms with Gasteiger partial charge >= 0.3 is 5.97 Å². The number of sulfonamides is 1. The van der Waals surface area contributed by atoms with E-state index < -0.39 is 34.5 Å². The molecule has 1 atom stereocenters. The second-order valence-electron chi connectivity index (χ2n) is 7.61. The maximum Gasteiger partial charge on any atom is 0.324 e. The Hall–Kier alpha value is -3.69. The number of aryl methyl sites for hydroxylation is 1. The fourth-order valence-electron chi connectivity index (χ4n) is 2.90. The van der Waals surface area contributed by atoms with E-state index in [0.29, 0.717) is 18.0 Å². The molecule has 34 heavy (non-hydrogen) atoms. The van der Waals surface area contributed by atoms with Crippen molar-refractivity contribution in [3.05, 3.63) is 90.0 Å². The van der Waals surface area contributed by atoms with Crippen molar-refractivity contribution in [2.75, 3.05) is 11.9 Å². The smallest absolute Gasteiger partial charge is 0.324 e. The second-order valence-corrected chi connectivity index (χ2v) is 9.32. The van der Waals surface area contributed by atoms with Gasteiger partial charge in [-0.15, -0.1) is 0 Å². The van der Waals surface area contributed by atoms with E-state index in [0.717, 1.165) is 11.1 Å². The first-order valence-corrected chi connectivity index (χ1v) is 12.0. The first kappa shape index (κ1) is 24.9. The van der Waals surface area contributed by atoms with E-state index in [1.54, 1.807) is 36.4 Å². The lowest BCUT2D eigenvalue weighted by atomic mass is 10.2. The number of nitrogens with one attached hydrogen (secondary N) is 2. The maximum absolute atomic E-state index is 12.4. The van der Waals surface area contributed by atoms with Crippen LogP contribution in [0.15, 0.2) is 83.8 Å². The highest BCUT2D eigenvalue weighted by Crippen LogP contribution is 2.17. The van der Waals surface area contributed by atoms with Crippen LogP contribution in [0.25, 0.3) is 0 Å². The molecule has 0 fully saturated rings. The molecule has 1 amide bonds. The Kier molecular flexibility index (Phi) is 8.39. The molecule has 0 radical (unpaired) electrons. The fraction of sp³-hybridized carbons (Fsp3) is 0.200. The number of anilines is 1. The van der Waals surface area contributed by atoms with E-state index in [1.807, 2.05) is 37.3 Å². The van der Waals surface area contributed by atoms with Gasteiger partial charge in [0.2, 0.25) is 10.0 Å². The second kappa shape index (κ2) is 11.4. The van der Waals surface area contributed by atoms with Crippen LogP contribution in [0.5, 0.6) is 5.75 Å². The van der Waals surface area contributed by atoms with Gasteiger partial charge < -0.3 is 14.8 Å². The van der Waals surface area contributed by atoms with E-state index in [2.05, 4.69) is 10.0 Å². The van der Waals surface area contributed by atoms with Crippen LogP contribution in [0, 0.1) is 6.92 Å². The molecule has 3 aromatic carbocycles. The van der Waals surface area contributed by atoms with Crippen LogP contribution in [0.1, 0.15) is 18.1 Å². The largest absolute Gasteiger partial charge is 0.489 e. The molecular weight excluding hydrogens is 456 g/mol. The molecule has 0 saturated heterocycles. The van der Waals surface area contributed by atoms with Gasteiger partial charge in [-0.3, -0.25) is 9.59 Å². The third-order valence-corrected chi connectivity index (χ3v) is 6.31. The molecule has 0 spiro atoms. The minimum Gasteiger partial charge on any atom is -0.489 e. The van der Waals surface area contributed by atoms with E-state index in [9.17, 15) is 18.0 Å². The summed E-state index contributed by atoms with van der Waals surface area (Å²) >= 11 is 0. The zero-order chi connectivity index (χ0) is 24.6. The van der Waals surface area contributed by atoms with Crippen molar-refractivity contribution in [3.63, 3.8) is 0 Å². The number of hydrogen-bond acceptors (Lipinski definition) is 6. The Morgan fingerprint density at radius 2 is 1.56 bits per heavy atom. The average Bonchev–Trinajstić information content (AvgIpc) is 2.82. The summed E-state index contributed by atoms with van der Waals surface area (Å²) in [4.78, 5) is 24.3. The summed E-state index contributed by atoms with van der Waals surface area (Å²) in [5.41, 5.74) is 2.45. The van der Waals surface area contributed by atoms with Crippen LogP contribution in [-0.2, 0) is 31.0 Å². The Morgan fingerprint density at radius 3 is 2.21 bits per heavy atom. The standard InChI is InChI=1S/C25H26N2O6S/c1-18-8-14-23(15-9-18)34(30,31)27-19(2)25(29)33-17-24(28)26-21-10-12-22(13-11-21)32-16-20-6-4-3-5-7-20/h3-15,19,27H,16-17H2,1-2H3,(H,26,28)/t19-/m0/s1. The van der Waals surface area contributed by atoms with Crippen LogP contribution >= 0.6 is 0 Å². The van der Waals surface area contributed by atoms with Gasteiger partial charge in [-0.2, -0.15) is 4.72 Å². The number of amides is 1. The first-order chi connectivity index (χ1) is 16.2. The van der Waals surface area contributed by atoms with Gasteiger partial charge in [0.25, 0.3) is 5.91 Å². The van der Waals surface area contributed by atoms with Gasteiger partial charge in [0, 0.05) is 5.69 Å². The van der Waals surface area contributed by atoms with Gasteiger partial charge in [0.15, 0.2) is 6.61 Å². The van der Waals surface area contributed by atoms with Crippen LogP contribution in [0.3, 0.4) is 0 Å². The molecule has 0 aliphatic heterocycles. The zero-order valence-corrected chi connectivity index (χ0v) is 19.7. The average molecular weight is 483 g/mol. The topological polar surface area (TPSA) is 111 Å². The Bertz CT molecular complexity index is 1210. The molecule has 3 aromatic rings. The monoisotopic (exact) mass is 482 g/mol. The highest BCUT2D eigenvalue weighted by atomic mass is 32.2. The molecule has 0 bridgehead atoms. The molecule has 0 aliphatic carbocycles. The summed E-state index contributed by atoms with van der Waals surface area (Å²) in [6.07, 6.45) is 0. The molecule has 9 heteroatoms. The first-order valence-electron chi connectivity index (χ1n) is 10.6. The summed E-state index contributed by atoms with van der Waals surface area (Å²) in [5.74, 6) is -0.779.